The topological polar surface area (TPSA) is 24.9 Å². The molecule has 0 spiro atoms. The molecule has 1 aliphatic carbocycles. The van der Waals surface area contributed by atoms with Crippen LogP contribution in [0, 0.1) is 0 Å². The molecule has 1 aliphatic rings. The number of aryl methyl sites for hydroxylation is 1. The molecule has 0 aliphatic heterocycles. The first-order chi connectivity index (χ1) is 9.90. The second-order valence-corrected chi connectivity index (χ2v) is 5.35. The Labute approximate surface area is 118 Å². The lowest BCUT2D eigenvalue weighted by Crippen LogP contribution is -2.06. The van der Waals surface area contributed by atoms with E-state index in [9.17, 15) is 0 Å². The Morgan fingerprint density at radius 1 is 1.00 bits per heavy atom. The first-order valence-corrected chi connectivity index (χ1v) is 7.09. The highest BCUT2D eigenvalue weighted by atomic mass is 14.9. The summed E-state index contributed by atoms with van der Waals surface area (Å²) in [6.45, 7) is 0. The second kappa shape index (κ2) is 4.64. The van der Waals surface area contributed by atoms with Gasteiger partial charge in [0.1, 0.15) is 0 Å². The number of anilines is 1. The lowest BCUT2D eigenvalue weighted by atomic mass is 10.1. The number of hydrogen-bond donors (Lipinski definition) is 1. The molecule has 3 aromatic rings. The number of nitrogens with zero attached hydrogens (tertiary/aromatic N) is 1. The van der Waals surface area contributed by atoms with E-state index in [0.29, 0.717) is 6.04 Å². The first kappa shape index (κ1) is 11.5. The van der Waals surface area contributed by atoms with E-state index in [-0.39, 0.29) is 0 Å². The van der Waals surface area contributed by atoms with Gasteiger partial charge in [0, 0.05) is 17.3 Å². The molecule has 98 valence electrons. The molecule has 1 N–H and O–H groups in total. The number of hydrogen-bond acceptors (Lipinski definition) is 2. The standard InChI is InChI=1S/C18H16N2/c1-2-6-16-13(4-1)7-9-18(16)20-15-8-10-17-14(12-15)5-3-11-19-17/h1-6,8,10-12,18,20H,7,9H2. The molecule has 4 rings (SSSR count). The zero-order valence-corrected chi connectivity index (χ0v) is 11.2. The van der Waals surface area contributed by atoms with Gasteiger partial charge >= 0.3 is 0 Å². The van der Waals surface area contributed by atoms with E-state index < -0.39 is 0 Å². The molecule has 1 unspecified atom stereocenters. The third-order valence-corrected chi connectivity index (χ3v) is 4.08. The number of benzene rings is 2. The number of rotatable bonds is 2. The minimum absolute atomic E-state index is 0.431. The molecule has 1 aromatic heterocycles. The average Bonchev–Trinajstić information content (AvgIpc) is 2.91. The fraction of sp³-hybridized carbons (Fsp3) is 0.167. The molecule has 2 aromatic carbocycles. The van der Waals surface area contributed by atoms with Gasteiger partial charge in [-0.25, -0.2) is 0 Å². The normalized spacial score (nSPS) is 17.1. The van der Waals surface area contributed by atoms with Crippen molar-refractivity contribution in [1.82, 2.24) is 4.98 Å². The highest BCUT2D eigenvalue weighted by Gasteiger charge is 2.21. The lowest BCUT2D eigenvalue weighted by Gasteiger charge is -2.16. The SMILES string of the molecule is c1ccc2c(c1)CCC2Nc1ccc2ncccc2c1. The number of nitrogens with one attached hydrogen (secondary N) is 1. The van der Waals surface area contributed by atoms with Crippen molar-refractivity contribution in [2.24, 2.45) is 0 Å². The summed E-state index contributed by atoms with van der Waals surface area (Å²) in [6, 6.07) is 19.6. The number of fused-ring (bicyclic) bond motifs is 2. The van der Waals surface area contributed by atoms with E-state index >= 15 is 0 Å². The molecule has 0 radical (unpaired) electrons. The summed E-state index contributed by atoms with van der Waals surface area (Å²) in [7, 11) is 0. The smallest absolute Gasteiger partial charge is 0.0703 e. The monoisotopic (exact) mass is 260 g/mol. The summed E-state index contributed by atoms with van der Waals surface area (Å²) in [5, 5.41) is 4.85. The van der Waals surface area contributed by atoms with Gasteiger partial charge in [0.05, 0.1) is 11.6 Å². The van der Waals surface area contributed by atoms with Gasteiger partial charge in [-0.2, -0.15) is 0 Å². The third kappa shape index (κ3) is 1.94. The predicted molar refractivity (Wildman–Crippen MR) is 82.9 cm³/mol. The van der Waals surface area contributed by atoms with Crippen LogP contribution in [0.2, 0.25) is 0 Å². The van der Waals surface area contributed by atoms with Gasteiger partial charge < -0.3 is 5.32 Å². The molecule has 2 heteroatoms. The van der Waals surface area contributed by atoms with Crippen molar-refractivity contribution in [3.8, 4) is 0 Å². The summed E-state index contributed by atoms with van der Waals surface area (Å²) in [4.78, 5) is 4.36. The maximum Gasteiger partial charge on any atom is 0.0703 e. The third-order valence-electron chi connectivity index (χ3n) is 4.08. The minimum atomic E-state index is 0.431. The molecule has 0 fully saturated rings. The van der Waals surface area contributed by atoms with Crippen molar-refractivity contribution in [3.05, 3.63) is 71.9 Å². The van der Waals surface area contributed by atoms with E-state index in [1.165, 1.54) is 35.0 Å². The van der Waals surface area contributed by atoms with Crippen molar-refractivity contribution in [2.45, 2.75) is 18.9 Å². The summed E-state index contributed by atoms with van der Waals surface area (Å²) in [6.07, 6.45) is 4.18. The van der Waals surface area contributed by atoms with Crippen LogP contribution in [0.1, 0.15) is 23.6 Å². The van der Waals surface area contributed by atoms with Gasteiger partial charge in [0.15, 0.2) is 0 Å². The van der Waals surface area contributed by atoms with Crippen molar-refractivity contribution >= 4 is 16.6 Å². The summed E-state index contributed by atoms with van der Waals surface area (Å²) < 4.78 is 0. The molecule has 2 nitrogen and oxygen atoms in total. The Balaban J connectivity index is 1.65. The molecule has 0 saturated heterocycles. The van der Waals surface area contributed by atoms with Crippen LogP contribution < -0.4 is 5.32 Å². The van der Waals surface area contributed by atoms with Gasteiger partial charge in [0.25, 0.3) is 0 Å². The Bertz CT molecular complexity index is 764. The number of pyridine rings is 1. The van der Waals surface area contributed by atoms with E-state index in [0.717, 1.165) is 5.52 Å². The van der Waals surface area contributed by atoms with Crippen LogP contribution in [0.25, 0.3) is 10.9 Å². The van der Waals surface area contributed by atoms with Crippen molar-refractivity contribution in [3.63, 3.8) is 0 Å². The van der Waals surface area contributed by atoms with Crippen LogP contribution in [0.15, 0.2) is 60.8 Å². The molecule has 0 amide bonds. The minimum Gasteiger partial charge on any atom is -0.378 e. The molecule has 0 bridgehead atoms. The van der Waals surface area contributed by atoms with E-state index in [1.807, 2.05) is 12.3 Å². The molecular formula is C18H16N2. The molecule has 1 atom stereocenters. The van der Waals surface area contributed by atoms with Crippen molar-refractivity contribution < 1.29 is 0 Å². The molecule has 0 saturated carbocycles. The summed E-state index contributed by atoms with van der Waals surface area (Å²) in [5.74, 6) is 0. The highest BCUT2D eigenvalue weighted by Crippen LogP contribution is 2.34. The molecular weight excluding hydrogens is 244 g/mol. The van der Waals surface area contributed by atoms with Crippen molar-refractivity contribution in [2.75, 3.05) is 5.32 Å². The quantitative estimate of drug-likeness (QED) is 0.741. The second-order valence-electron chi connectivity index (χ2n) is 5.35. The van der Waals surface area contributed by atoms with E-state index in [1.54, 1.807) is 0 Å². The predicted octanol–water partition coefficient (Wildman–Crippen LogP) is 4.33. The Morgan fingerprint density at radius 2 is 1.95 bits per heavy atom. The van der Waals surface area contributed by atoms with Crippen LogP contribution in [0.4, 0.5) is 5.69 Å². The lowest BCUT2D eigenvalue weighted by molar-refractivity contribution is 0.762. The van der Waals surface area contributed by atoms with Crippen LogP contribution >= 0.6 is 0 Å². The van der Waals surface area contributed by atoms with Gasteiger partial charge in [-0.3, -0.25) is 4.98 Å². The fourth-order valence-electron chi connectivity index (χ4n) is 3.07. The Hall–Kier alpha value is -2.35. The van der Waals surface area contributed by atoms with Crippen LogP contribution in [0.5, 0.6) is 0 Å². The molecule has 20 heavy (non-hydrogen) atoms. The summed E-state index contributed by atoms with van der Waals surface area (Å²) >= 11 is 0. The van der Waals surface area contributed by atoms with Gasteiger partial charge in [-0.1, -0.05) is 30.3 Å². The van der Waals surface area contributed by atoms with Crippen LogP contribution in [0.3, 0.4) is 0 Å². The van der Waals surface area contributed by atoms with E-state index in [4.69, 9.17) is 0 Å². The highest BCUT2D eigenvalue weighted by molar-refractivity contribution is 5.82. The summed E-state index contributed by atoms with van der Waals surface area (Å²) in [5.41, 5.74) is 5.14. The zero-order valence-electron chi connectivity index (χ0n) is 11.2. The van der Waals surface area contributed by atoms with Crippen molar-refractivity contribution in [1.29, 1.82) is 0 Å². The average molecular weight is 260 g/mol. The van der Waals surface area contributed by atoms with Gasteiger partial charge in [0.2, 0.25) is 0 Å². The first-order valence-electron chi connectivity index (χ1n) is 7.09. The van der Waals surface area contributed by atoms with Gasteiger partial charge in [-0.15, -0.1) is 0 Å². The fourth-order valence-corrected chi connectivity index (χ4v) is 3.07. The van der Waals surface area contributed by atoms with Crippen LogP contribution in [-0.4, -0.2) is 4.98 Å². The maximum atomic E-state index is 4.36. The van der Waals surface area contributed by atoms with Gasteiger partial charge in [-0.05, 0) is 48.2 Å². The zero-order chi connectivity index (χ0) is 13.4. The Morgan fingerprint density at radius 3 is 2.95 bits per heavy atom. The number of aromatic nitrogens is 1. The molecule has 1 heterocycles. The van der Waals surface area contributed by atoms with E-state index in [2.05, 4.69) is 58.8 Å². The maximum absolute atomic E-state index is 4.36. The largest absolute Gasteiger partial charge is 0.378 e. The Kier molecular flexibility index (Phi) is 2.66. The van der Waals surface area contributed by atoms with Crippen LogP contribution in [-0.2, 0) is 6.42 Å².